The minimum Gasteiger partial charge on any atom is -0.346 e. The molecule has 0 N–H and O–H groups in total. The van der Waals surface area contributed by atoms with Crippen molar-refractivity contribution in [2.24, 2.45) is 0 Å². The lowest BCUT2D eigenvalue weighted by molar-refractivity contribution is -0.360. The molecule has 2 saturated heterocycles. The average molecular weight is 312 g/mol. The first-order chi connectivity index (χ1) is 11.3. The number of benzene rings is 2. The van der Waals surface area contributed by atoms with E-state index in [0.29, 0.717) is 6.61 Å². The van der Waals surface area contributed by atoms with Gasteiger partial charge in [0.05, 0.1) is 12.7 Å². The molecule has 2 fully saturated rings. The second-order valence-electron chi connectivity index (χ2n) is 5.93. The summed E-state index contributed by atoms with van der Waals surface area (Å²) >= 11 is 0. The van der Waals surface area contributed by atoms with Crippen molar-refractivity contribution in [2.45, 2.75) is 37.8 Å². The van der Waals surface area contributed by atoms with E-state index in [1.165, 1.54) is 0 Å². The summed E-state index contributed by atoms with van der Waals surface area (Å²) in [7, 11) is 0. The lowest BCUT2D eigenvalue weighted by atomic mass is 10.0. The maximum Gasteiger partial charge on any atom is 0.184 e. The molecule has 0 saturated carbocycles. The van der Waals surface area contributed by atoms with Gasteiger partial charge >= 0.3 is 0 Å². The molecule has 0 radical (unpaired) electrons. The van der Waals surface area contributed by atoms with Gasteiger partial charge < -0.3 is 18.9 Å². The predicted molar refractivity (Wildman–Crippen MR) is 84.6 cm³/mol. The highest BCUT2D eigenvalue weighted by Gasteiger charge is 2.43. The van der Waals surface area contributed by atoms with Crippen molar-refractivity contribution < 1.29 is 18.9 Å². The van der Waals surface area contributed by atoms with Gasteiger partial charge in [-0.05, 0) is 6.92 Å². The van der Waals surface area contributed by atoms with Gasteiger partial charge in [0.1, 0.15) is 12.2 Å². The smallest absolute Gasteiger partial charge is 0.184 e. The van der Waals surface area contributed by atoms with Crippen LogP contribution in [0.3, 0.4) is 0 Å². The van der Waals surface area contributed by atoms with E-state index < -0.39 is 0 Å². The zero-order valence-electron chi connectivity index (χ0n) is 13.0. The third kappa shape index (κ3) is 3.03. The summed E-state index contributed by atoms with van der Waals surface area (Å²) in [4.78, 5) is 0. The second-order valence-corrected chi connectivity index (χ2v) is 5.93. The monoisotopic (exact) mass is 312 g/mol. The lowest BCUT2D eigenvalue weighted by Crippen LogP contribution is -2.53. The Hall–Kier alpha value is -1.72. The van der Waals surface area contributed by atoms with Crippen LogP contribution in [-0.2, 0) is 18.9 Å². The Bertz CT molecular complexity index is 630. The third-order valence-corrected chi connectivity index (χ3v) is 4.30. The summed E-state index contributed by atoms with van der Waals surface area (Å²) in [6.45, 7) is 2.53. The molecule has 23 heavy (non-hydrogen) atoms. The second kappa shape index (κ2) is 6.42. The number of rotatable bonds is 2. The van der Waals surface area contributed by atoms with Gasteiger partial charge in [0, 0.05) is 11.1 Å². The van der Waals surface area contributed by atoms with E-state index in [0.717, 1.165) is 11.1 Å². The first kappa shape index (κ1) is 14.8. The molecule has 5 atom stereocenters. The van der Waals surface area contributed by atoms with E-state index in [1.54, 1.807) is 0 Å². The SMILES string of the molecule is C[C@H]1O[C@@H](c2ccccc2)O[C@@H]2CO[C@H](c3ccccc3)O[C@@H]12. The molecule has 2 aliphatic rings. The van der Waals surface area contributed by atoms with Gasteiger partial charge in [-0.25, -0.2) is 0 Å². The molecule has 2 aromatic rings. The standard InChI is InChI=1S/C19H20O4/c1-13-17-16(22-19(21-13)15-10-6-3-7-11-15)12-20-18(23-17)14-8-4-2-5-9-14/h2-11,13,16-19H,12H2,1H3/t13-,16-,17+,18+,19-/m1/s1. The van der Waals surface area contributed by atoms with E-state index in [9.17, 15) is 0 Å². The number of ether oxygens (including phenoxy) is 4. The molecule has 120 valence electrons. The molecule has 0 unspecified atom stereocenters. The summed E-state index contributed by atoms with van der Waals surface area (Å²) in [6, 6.07) is 19.9. The Kier molecular flexibility index (Phi) is 4.14. The van der Waals surface area contributed by atoms with E-state index in [2.05, 4.69) is 0 Å². The summed E-state index contributed by atoms with van der Waals surface area (Å²) in [5.74, 6) is 0. The Morgan fingerprint density at radius 1 is 0.739 bits per heavy atom. The van der Waals surface area contributed by atoms with Crippen LogP contribution in [0.2, 0.25) is 0 Å². The number of hydrogen-bond donors (Lipinski definition) is 0. The zero-order valence-corrected chi connectivity index (χ0v) is 13.0. The molecule has 0 spiro atoms. The fourth-order valence-corrected chi connectivity index (χ4v) is 3.09. The summed E-state index contributed by atoms with van der Waals surface area (Å²) in [5, 5.41) is 0. The normalized spacial score (nSPS) is 33.9. The van der Waals surface area contributed by atoms with Crippen LogP contribution in [0.25, 0.3) is 0 Å². The van der Waals surface area contributed by atoms with Crippen LogP contribution in [-0.4, -0.2) is 24.9 Å². The van der Waals surface area contributed by atoms with Crippen LogP contribution in [0.5, 0.6) is 0 Å². The van der Waals surface area contributed by atoms with Gasteiger partial charge in [0.25, 0.3) is 0 Å². The molecule has 0 aliphatic carbocycles. The van der Waals surface area contributed by atoms with Crippen molar-refractivity contribution >= 4 is 0 Å². The van der Waals surface area contributed by atoms with Crippen molar-refractivity contribution in [1.82, 2.24) is 0 Å². The Morgan fingerprint density at radius 2 is 1.35 bits per heavy atom. The number of fused-ring (bicyclic) bond motifs is 1. The van der Waals surface area contributed by atoms with Crippen LogP contribution in [0.4, 0.5) is 0 Å². The molecule has 4 nitrogen and oxygen atoms in total. The molecule has 0 amide bonds. The van der Waals surface area contributed by atoms with Crippen LogP contribution < -0.4 is 0 Å². The zero-order chi connectivity index (χ0) is 15.6. The van der Waals surface area contributed by atoms with Gasteiger partial charge in [-0.1, -0.05) is 60.7 Å². The largest absolute Gasteiger partial charge is 0.346 e. The van der Waals surface area contributed by atoms with Gasteiger partial charge in [0.2, 0.25) is 0 Å². The van der Waals surface area contributed by atoms with E-state index in [4.69, 9.17) is 18.9 Å². The van der Waals surface area contributed by atoms with Gasteiger partial charge in [0.15, 0.2) is 12.6 Å². The Labute approximate surface area is 135 Å². The maximum atomic E-state index is 6.10. The Balaban J connectivity index is 1.48. The minimum absolute atomic E-state index is 0.0610. The average Bonchev–Trinajstić information content (AvgIpc) is 2.63. The van der Waals surface area contributed by atoms with Crippen LogP contribution in [0.15, 0.2) is 60.7 Å². The van der Waals surface area contributed by atoms with Gasteiger partial charge in [-0.2, -0.15) is 0 Å². The summed E-state index contributed by atoms with van der Waals surface area (Å²) in [5.41, 5.74) is 2.03. The first-order valence-corrected chi connectivity index (χ1v) is 7.99. The molecule has 0 aromatic heterocycles. The van der Waals surface area contributed by atoms with Crippen LogP contribution in [0.1, 0.15) is 30.6 Å². The van der Waals surface area contributed by atoms with E-state index in [-0.39, 0.29) is 30.9 Å². The molecular formula is C19H20O4. The first-order valence-electron chi connectivity index (χ1n) is 7.99. The Morgan fingerprint density at radius 3 is 2.00 bits per heavy atom. The van der Waals surface area contributed by atoms with E-state index in [1.807, 2.05) is 67.6 Å². The quantitative estimate of drug-likeness (QED) is 0.849. The molecule has 2 aliphatic heterocycles. The van der Waals surface area contributed by atoms with Crippen LogP contribution >= 0.6 is 0 Å². The predicted octanol–water partition coefficient (Wildman–Crippen LogP) is 3.60. The van der Waals surface area contributed by atoms with E-state index >= 15 is 0 Å². The fourth-order valence-electron chi connectivity index (χ4n) is 3.09. The van der Waals surface area contributed by atoms with Gasteiger partial charge in [-0.3, -0.25) is 0 Å². The number of hydrogen-bond acceptors (Lipinski definition) is 4. The van der Waals surface area contributed by atoms with Gasteiger partial charge in [-0.15, -0.1) is 0 Å². The summed E-state index contributed by atoms with van der Waals surface area (Å²) < 4.78 is 24.0. The molecule has 4 heteroatoms. The molecule has 4 rings (SSSR count). The van der Waals surface area contributed by atoms with Crippen molar-refractivity contribution in [3.63, 3.8) is 0 Å². The highest BCUT2D eigenvalue weighted by Crippen LogP contribution is 2.37. The highest BCUT2D eigenvalue weighted by molar-refractivity contribution is 5.18. The van der Waals surface area contributed by atoms with Crippen molar-refractivity contribution in [2.75, 3.05) is 6.61 Å². The third-order valence-electron chi connectivity index (χ3n) is 4.30. The van der Waals surface area contributed by atoms with Crippen molar-refractivity contribution in [1.29, 1.82) is 0 Å². The van der Waals surface area contributed by atoms with Crippen molar-refractivity contribution in [3.05, 3.63) is 71.8 Å². The van der Waals surface area contributed by atoms with Crippen LogP contribution in [0, 0.1) is 0 Å². The molecule has 0 bridgehead atoms. The summed E-state index contributed by atoms with van der Waals surface area (Å²) in [6.07, 6.45) is -1.04. The lowest BCUT2D eigenvalue weighted by Gasteiger charge is -2.45. The fraction of sp³-hybridized carbons (Fsp3) is 0.368. The molecule has 2 aromatic carbocycles. The highest BCUT2D eigenvalue weighted by atomic mass is 16.8. The molecule has 2 heterocycles. The maximum absolute atomic E-state index is 6.10. The molecular weight excluding hydrogens is 292 g/mol. The van der Waals surface area contributed by atoms with Crippen molar-refractivity contribution in [3.8, 4) is 0 Å². The minimum atomic E-state index is -0.368. The topological polar surface area (TPSA) is 36.9 Å².